The lowest BCUT2D eigenvalue weighted by molar-refractivity contribution is 0.612. The molecule has 0 spiro atoms. The Balaban J connectivity index is 2.47. The SMILES string of the molecule is Cc1ccc(C(Br)c2cc(C)ccc2C)c(F)c1. The van der Waals surface area contributed by atoms with E-state index in [2.05, 4.69) is 41.1 Å². The van der Waals surface area contributed by atoms with E-state index in [1.807, 2.05) is 26.0 Å². The van der Waals surface area contributed by atoms with Crippen LogP contribution in [0.3, 0.4) is 0 Å². The highest BCUT2D eigenvalue weighted by Crippen LogP contribution is 2.34. The Kier molecular flexibility index (Phi) is 3.86. The van der Waals surface area contributed by atoms with Crippen LogP contribution in [-0.2, 0) is 0 Å². The lowest BCUT2D eigenvalue weighted by atomic mass is 9.97. The van der Waals surface area contributed by atoms with Gasteiger partial charge in [0.05, 0.1) is 4.83 Å². The minimum atomic E-state index is -0.155. The molecule has 0 aromatic heterocycles. The average Bonchev–Trinajstić information content (AvgIpc) is 2.31. The zero-order chi connectivity index (χ0) is 13.3. The third-order valence-electron chi connectivity index (χ3n) is 3.14. The van der Waals surface area contributed by atoms with Crippen LogP contribution >= 0.6 is 15.9 Å². The van der Waals surface area contributed by atoms with Crippen molar-refractivity contribution in [2.45, 2.75) is 25.6 Å². The second-order valence-electron chi connectivity index (χ2n) is 4.75. The van der Waals surface area contributed by atoms with Gasteiger partial charge in [0.2, 0.25) is 0 Å². The molecule has 0 amide bonds. The molecule has 0 radical (unpaired) electrons. The highest BCUT2D eigenvalue weighted by Gasteiger charge is 2.16. The first kappa shape index (κ1) is 13.3. The van der Waals surface area contributed by atoms with Gasteiger partial charge >= 0.3 is 0 Å². The zero-order valence-electron chi connectivity index (χ0n) is 10.8. The Hall–Kier alpha value is -1.15. The summed E-state index contributed by atoms with van der Waals surface area (Å²) in [6.45, 7) is 6.00. The van der Waals surface area contributed by atoms with Crippen molar-refractivity contribution in [1.29, 1.82) is 0 Å². The second kappa shape index (κ2) is 5.23. The number of rotatable bonds is 2. The quantitative estimate of drug-likeness (QED) is 0.666. The summed E-state index contributed by atoms with van der Waals surface area (Å²) in [5.74, 6) is -0.155. The minimum absolute atomic E-state index is 0.0991. The standard InChI is InChI=1S/C16H16BrF/c1-10-4-6-12(3)14(8-10)16(17)13-7-5-11(2)9-15(13)18/h4-9,16H,1-3H3. The van der Waals surface area contributed by atoms with Crippen LogP contribution in [0.15, 0.2) is 36.4 Å². The normalized spacial score (nSPS) is 12.5. The van der Waals surface area contributed by atoms with Gasteiger partial charge in [-0.2, -0.15) is 0 Å². The van der Waals surface area contributed by atoms with Crippen molar-refractivity contribution in [2.24, 2.45) is 0 Å². The summed E-state index contributed by atoms with van der Waals surface area (Å²) in [4.78, 5) is -0.0991. The third kappa shape index (κ3) is 2.64. The molecule has 1 atom stereocenters. The first-order chi connectivity index (χ1) is 8.49. The monoisotopic (exact) mass is 306 g/mol. The maximum Gasteiger partial charge on any atom is 0.128 e. The predicted molar refractivity (Wildman–Crippen MR) is 77.8 cm³/mol. The van der Waals surface area contributed by atoms with E-state index in [9.17, 15) is 4.39 Å². The molecule has 0 aliphatic rings. The predicted octanol–water partition coefficient (Wildman–Crippen LogP) is 5.24. The first-order valence-electron chi connectivity index (χ1n) is 5.96. The number of alkyl halides is 1. The van der Waals surface area contributed by atoms with Crippen molar-refractivity contribution < 1.29 is 4.39 Å². The number of benzene rings is 2. The molecule has 2 aromatic rings. The Morgan fingerprint density at radius 1 is 0.889 bits per heavy atom. The molecule has 2 aromatic carbocycles. The summed E-state index contributed by atoms with van der Waals surface area (Å²) in [6, 6.07) is 11.6. The molecule has 0 N–H and O–H groups in total. The van der Waals surface area contributed by atoms with Gasteiger partial charge < -0.3 is 0 Å². The maximum atomic E-state index is 14.0. The number of halogens is 2. The summed E-state index contributed by atoms with van der Waals surface area (Å²) >= 11 is 3.61. The molecular weight excluding hydrogens is 291 g/mol. The fourth-order valence-corrected chi connectivity index (χ4v) is 2.90. The van der Waals surface area contributed by atoms with Crippen molar-refractivity contribution in [1.82, 2.24) is 0 Å². The second-order valence-corrected chi connectivity index (χ2v) is 5.66. The summed E-state index contributed by atoms with van der Waals surface area (Å²) in [7, 11) is 0. The number of aryl methyl sites for hydroxylation is 3. The molecule has 0 saturated heterocycles. The Bertz CT molecular complexity index is 575. The summed E-state index contributed by atoms with van der Waals surface area (Å²) < 4.78 is 14.0. The van der Waals surface area contributed by atoms with Crippen LogP contribution in [0.2, 0.25) is 0 Å². The fourth-order valence-electron chi connectivity index (χ4n) is 2.04. The number of hydrogen-bond donors (Lipinski definition) is 0. The summed E-state index contributed by atoms with van der Waals surface area (Å²) in [6.07, 6.45) is 0. The third-order valence-corrected chi connectivity index (χ3v) is 4.12. The molecular formula is C16H16BrF. The van der Waals surface area contributed by atoms with Crippen LogP contribution in [0.5, 0.6) is 0 Å². The van der Waals surface area contributed by atoms with Gasteiger partial charge in [-0.05, 0) is 43.5 Å². The summed E-state index contributed by atoms with van der Waals surface area (Å²) in [5.41, 5.74) is 5.11. The molecule has 0 saturated carbocycles. The van der Waals surface area contributed by atoms with Gasteiger partial charge in [0.15, 0.2) is 0 Å². The van der Waals surface area contributed by atoms with Gasteiger partial charge in [-0.3, -0.25) is 0 Å². The average molecular weight is 307 g/mol. The van der Waals surface area contributed by atoms with Crippen molar-refractivity contribution in [3.05, 3.63) is 70.0 Å². The topological polar surface area (TPSA) is 0 Å². The van der Waals surface area contributed by atoms with Gasteiger partial charge in [-0.25, -0.2) is 4.39 Å². The van der Waals surface area contributed by atoms with Crippen LogP contribution in [-0.4, -0.2) is 0 Å². The molecule has 0 aliphatic carbocycles. The van der Waals surface area contributed by atoms with Crippen molar-refractivity contribution in [2.75, 3.05) is 0 Å². The highest BCUT2D eigenvalue weighted by atomic mass is 79.9. The maximum absolute atomic E-state index is 14.0. The lowest BCUT2D eigenvalue weighted by Crippen LogP contribution is -2.00. The summed E-state index contributed by atoms with van der Waals surface area (Å²) in [5, 5.41) is 0. The van der Waals surface area contributed by atoms with Gasteiger partial charge in [-0.15, -0.1) is 0 Å². The highest BCUT2D eigenvalue weighted by molar-refractivity contribution is 9.09. The molecule has 0 nitrogen and oxygen atoms in total. The van der Waals surface area contributed by atoms with Gasteiger partial charge in [0, 0.05) is 5.56 Å². The van der Waals surface area contributed by atoms with E-state index in [0.717, 1.165) is 11.1 Å². The van der Waals surface area contributed by atoms with Gasteiger partial charge in [-0.1, -0.05) is 51.8 Å². The van der Waals surface area contributed by atoms with Crippen LogP contribution in [0.1, 0.15) is 32.6 Å². The van der Waals surface area contributed by atoms with Crippen LogP contribution in [0.4, 0.5) is 4.39 Å². The molecule has 1 unspecified atom stereocenters. The van der Waals surface area contributed by atoms with E-state index < -0.39 is 0 Å². The molecule has 0 fully saturated rings. The van der Waals surface area contributed by atoms with Crippen LogP contribution in [0.25, 0.3) is 0 Å². The molecule has 2 rings (SSSR count). The van der Waals surface area contributed by atoms with Crippen molar-refractivity contribution >= 4 is 15.9 Å². The van der Waals surface area contributed by atoms with Crippen molar-refractivity contribution in [3.8, 4) is 0 Å². The van der Waals surface area contributed by atoms with E-state index >= 15 is 0 Å². The van der Waals surface area contributed by atoms with E-state index in [1.165, 1.54) is 11.1 Å². The fraction of sp³-hybridized carbons (Fsp3) is 0.250. The van der Waals surface area contributed by atoms with Crippen molar-refractivity contribution in [3.63, 3.8) is 0 Å². The minimum Gasteiger partial charge on any atom is -0.207 e. The Labute approximate surface area is 116 Å². The Morgan fingerprint density at radius 2 is 1.50 bits per heavy atom. The van der Waals surface area contributed by atoms with Gasteiger partial charge in [0.25, 0.3) is 0 Å². The van der Waals surface area contributed by atoms with E-state index in [-0.39, 0.29) is 10.6 Å². The smallest absolute Gasteiger partial charge is 0.128 e. The van der Waals surface area contributed by atoms with E-state index in [1.54, 1.807) is 6.07 Å². The molecule has 2 heteroatoms. The molecule has 0 heterocycles. The van der Waals surface area contributed by atoms with E-state index in [0.29, 0.717) is 5.56 Å². The largest absolute Gasteiger partial charge is 0.207 e. The van der Waals surface area contributed by atoms with Crippen LogP contribution < -0.4 is 0 Å². The number of hydrogen-bond acceptors (Lipinski definition) is 0. The molecule has 0 bridgehead atoms. The molecule has 94 valence electrons. The lowest BCUT2D eigenvalue weighted by Gasteiger charge is -2.15. The molecule has 18 heavy (non-hydrogen) atoms. The van der Waals surface area contributed by atoms with Crippen LogP contribution in [0, 0.1) is 26.6 Å². The van der Waals surface area contributed by atoms with Gasteiger partial charge in [0.1, 0.15) is 5.82 Å². The Morgan fingerprint density at radius 3 is 2.17 bits per heavy atom. The zero-order valence-corrected chi connectivity index (χ0v) is 12.4. The molecule has 0 aliphatic heterocycles. The first-order valence-corrected chi connectivity index (χ1v) is 6.88. The van der Waals surface area contributed by atoms with E-state index in [4.69, 9.17) is 0 Å².